The first kappa shape index (κ1) is 17.7. The van der Waals surface area contributed by atoms with Crippen LogP contribution in [0.1, 0.15) is 12.0 Å². The lowest BCUT2D eigenvalue weighted by Crippen LogP contribution is -1.82. The predicted molar refractivity (Wildman–Crippen MR) is 86.6 cm³/mol. The number of hydrogen-bond donors (Lipinski definition) is 0. The van der Waals surface area contributed by atoms with Gasteiger partial charge in [0.2, 0.25) is 0 Å². The van der Waals surface area contributed by atoms with Gasteiger partial charge in [0.15, 0.2) is 14.5 Å². The second-order valence-electron chi connectivity index (χ2n) is 4.01. The lowest BCUT2D eigenvalue weighted by Gasteiger charge is -1.98. The van der Waals surface area contributed by atoms with Gasteiger partial charge in [-0.3, -0.25) is 0 Å². The van der Waals surface area contributed by atoms with Gasteiger partial charge in [0.05, 0.1) is 0 Å². The maximum atomic E-state index is 12.6. The predicted octanol–water partition coefficient (Wildman–Crippen LogP) is 6.04. The zero-order valence-corrected chi connectivity index (χ0v) is 14.3. The van der Waals surface area contributed by atoms with Gasteiger partial charge in [-0.2, -0.15) is 8.78 Å². The molecular weight excluding hydrogens is 373 g/mol. The van der Waals surface area contributed by atoms with Gasteiger partial charge in [-0.25, -0.2) is 4.39 Å². The van der Waals surface area contributed by atoms with Crippen molar-refractivity contribution in [1.29, 1.82) is 0 Å². The smallest absolute Gasteiger partial charge is 0.206 e. The highest BCUT2D eigenvalue weighted by atomic mass is 35.5. The van der Waals surface area contributed by atoms with E-state index in [1.807, 2.05) is 24.3 Å². The Morgan fingerprint density at radius 2 is 1.68 bits per heavy atom. The van der Waals surface area contributed by atoms with Crippen LogP contribution in [0.2, 0.25) is 5.02 Å². The average molecular weight is 383 g/mol. The average Bonchev–Trinajstić information content (AvgIpc) is 2.94. The molecule has 0 spiro atoms. The van der Waals surface area contributed by atoms with Gasteiger partial charge in [0.25, 0.3) is 0 Å². The summed E-state index contributed by atoms with van der Waals surface area (Å²) in [6.07, 6.45) is -2.56. The maximum Gasteiger partial charge on any atom is 0.301 e. The number of hydrogen-bond acceptors (Lipinski definition) is 5. The molecule has 0 amide bonds. The first-order chi connectivity index (χ1) is 10.5. The molecule has 0 aliphatic heterocycles. The van der Waals surface area contributed by atoms with Crippen LogP contribution in [-0.4, -0.2) is 16.0 Å². The van der Waals surface area contributed by atoms with E-state index in [4.69, 9.17) is 11.6 Å². The summed E-state index contributed by atoms with van der Waals surface area (Å²) < 4.78 is 37.9. The van der Waals surface area contributed by atoms with Gasteiger partial charge in [0.1, 0.15) is 0 Å². The number of benzene rings is 1. The highest BCUT2D eigenvalue weighted by molar-refractivity contribution is 8.02. The van der Waals surface area contributed by atoms with E-state index in [2.05, 4.69) is 10.2 Å². The molecule has 2 rings (SSSR count). The zero-order valence-electron chi connectivity index (χ0n) is 11.1. The molecule has 22 heavy (non-hydrogen) atoms. The molecule has 0 atom stereocenters. The Morgan fingerprint density at radius 3 is 2.32 bits per heavy atom. The molecular formula is C13H10ClF3N2S3. The summed E-state index contributed by atoms with van der Waals surface area (Å²) in [7, 11) is 0. The highest BCUT2D eigenvalue weighted by Crippen LogP contribution is 2.31. The van der Waals surface area contributed by atoms with Crippen molar-refractivity contribution in [1.82, 2.24) is 10.2 Å². The van der Waals surface area contributed by atoms with Crippen molar-refractivity contribution in [3.8, 4) is 0 Å². The molecule has 0 saturated carbocycles. The minimum absolute atomic E-state index is 0.208. The van der Waals surface area contributed by atoms with E-state index in [1.54, 1.807) is 0 Å². The third kappa shape index (κ3) is 5.83. The Balaban J connectivity index is 1.79. The van der Waals surface area contributed by atoms with Crippen LogP contribution in [0.5, 0.6) is 0 Å². The van der Waals surface area contributed by atoms with Gasteiger partial charge in [0, 0.05) is 22.9 Å². The van der Waals surface area contributed by atoms with Crippen molar-refractivity contribution in [2.75, 3.05) is 5.75 Å². The van der Waals surface area contributed by atoms with Crippen LogP contribution in [0.15, 0.2) is 44.9 Å². The number of rotatable bonds is 7. The van der Waals surface area contributed by atoms with Crippen molar-refractivity contribution >= 4 is 46.5 Å². The monoisotopic (exact) mass is 382 g/mol. The fourth-order valence-electron chi connectivity index (χ4n) is 1.36. The molecule has 0 bridgehead atoms. The molecule has 0 aliphatic rings. The van der Waals surface area contributed by atoms with Crippen LogP contribution in [-0.2, 0) is 5.75 Å². The minimum Gasteiger partial charge on any atom is -0.206 e. The van der Waals surface area contributed by atoms with E-state index in [0.29, 0.717) is 9.36 Å². The standard InChI is InChI=1S/C13H10ClF3N2S3/c14-9-3-1-8(2-4-9)7-21-13-19-18-12(22-13)20-6-5-10(15)11(16)17/h1-4H,5-7H2. The summed E-state index contributed by atoms with van der Waals surface area (Å²) in [6, 6.07) is 7.52. The second-order valence-corrected chi connectivity index (χ2v) is 7.99. The summed E-state index contributed by atoms with van der Waals surface area (Å²) in [5.74, 6) is -0.421. The topological polar surface area (TPSA) is 25.8 Å². The number of aromatic nitrogens is 2. The third-order valence-corrected chi connectivity index (χ3v) is 5.93. The van der Waals surface area contributed by atoms with Crippen molar-refractivity contribution in [2.45, 2.75) is 20.9 Å². The third-order valence-electron chi connectivity index (χ3n) is 2.42. The maximum absolute atomic E-state index is 12.6. The molecule has 0 fully saturated rings. The second kappa shape index (κ2) is 8.81. The zero-order chi connectivity index (χ0) is 15.9. The fourth-order valence-corrected chi connectivity index (χ4v) is 4.47. The summed E-state index contributed by atoms with van der Waals surface area (Å²) in [6.45, 7) is 0. The summed E-state index contributed by atoms with van der Waals surface area (Å²) in [5, 5.41) is 8.65. The Labute approximate surface area is 143 Å². The quantitative estimate of drug-likeness (QED) is 0.545. The van der Waals surface area contributed by atoms with Crippen molar-refractivity contribution < 1.29 is 13.2 Å². The molecule has 2 aromatic rings. The molecule has 0 aliphatic carbocycles. The molecule has 1 aromatic carbocycles. The van der Waals surface area contributed by atoms with Gasteiger partial charge in [-0.1, -0.05) is 58.6 Å². The number of nitrogens with zero attached hydrogens (tertiary/aromatic N) is 2. The largest absolute Gasteiger partial charge is 0.301 e. The van der Waals surface area contributed by atoms with Crippen molar-refractivity contribution in [3.05, 3.63) is 46.8 Å². The molecule has 9 heteroatoms. The number of thioether (sulfide) groups is 2. The molecule has 0 unspecified atom stereocenters. The lowest BCUT2D eigenvalue weighted by molar-refractivity contribution is 0.373. The van der Waals surface area contributed by atoms with E-state index in [0.717, 1.165) is 15.7 Å². The first-order valence-corrected chi connectivity index (χ1v) is 9.24. The molecule has 0 radical (unpaired) electrons. The van der Waals surface area contributed by atoms with E-state index in [1.165, 1.54) is 34.9 Å². The number of allylic oxidation sites excluding steroid dienone is 1. The Kier molecular flexibility index (Phi) is 7.07. The van der Waals surface area contributed by atoms with Crippen LogP contribution in [0.4, 0.5) is 13.2 Å². The SMILES string of the molecule is FC(F)=C(F)CCSc1nnc(SCc2ccc(Cl)cc2)s1. The molecule has 2 nitrogen and oxygen atoms in total. The van der Waals surface area contributed by atoms with E-state index < -0.39 is 11.9 Å². The van der Waals surface area contributed by atoms with E-state index in [-0.39, 0.29) is 12.2 Å². The van der Waals surface area contributed by atoms with Gasteiger partial charge in [-0.15, -0.1) is 10.2 Å². The lowest BCUT2D eigenvalue weighted by atomic mass is 10.2. The van der Waals surface area contributed by atoms with Crippen LogP contribution in [0.25, 0.3) is 0 Å². The number of halogens is 4. The summed E-state index contributed by atoms with van der Waals surface area (Å²) in [5.41, 5.74) is 1.12. The first-order valence-electron chi connectivity index (χ1n) is 6.08. The van der Waals surface area contributed by atoms with E-state index >= 15 is 0 Å². The molecule has 0 saturated heterocycles. The van der Waals surface area contributed by atoms with Crippen LogP contribution in [0.3, 0.4) is 0 Å². The van der Waals surface area contributed by atoms with Gasteiger partial charge in [-0.05, 0) is 17.7 Å². The Bertz CT molecular complexity index is 642. The molecule has 1 heterocycles. The normalized spacial score (nSPS) is 10.7. The van der Waals surface area contributed by atoms with Crippen LogP contribution < -0.4 is 0 Å². The Morgan fingerprint density at radius 1 is 1.05 bits per heavy atom. The van der Waals surface area contributed by atoms with Crippen molar-refractivity contribution in [3.63, 3.8) is 0 Å². The van der Waals surface area contributed by atoms with Crippen LogP contribution in [0, 0.1) is 0 Å². The van der Waals surface area contributed by atoms with Crippen molar-refractivity contribution in [2.24, 2.45) is 0 Å². The van der Waals surface area contributed by atoms with E-state index in [9.17, 15) is 13.2 Å². The van der Waals surface area contributed by atoms with Gasteiger partial charge >= 0.3 is 6.08 Å². The summed E-state index contributed by atoms with van der Waals surface area (Å²) in [4.78, 5) is 0. The molecule has 118 valence electrons. The van der Waals surface area contributed by atoms with Crippen LogP contribution >= 0.6 is 46.5 Å². The molecule has 1 aromatic heterocycles. The Hall–Kier alpha value is -0.700. The summed E-state index contributed by atoms with van der Waals surface area (Å²) >= 11 is 9.93. The fraction of sp³-hybridized carbons (Fsp3) is 0.231. The van der Waals surface area contributed by atoms with Gasteiger partial charge < -0.3 is 0 Å². The minimum atomic E-state index is -2.25. The molecule has 0 N–H and O–H groups in total. The highest BCUT2D eigenvalue weighted by Gasteiger charge is 2.09.